The first-order valence-electron chi connectivity index (χ1n) is 13.3. The Bertz CT molecular complexity index is 849. The fraction of sp³-hybridized carbons (Fsp3) is 0.704. The molecule has 1 aliphatic heterocycles. The number of hydrogen-bond acceptors (Lipinski definition) is 4. The van der Waals surface area contributed by atoms with Crippen LogP contribution in [0.3, 0.4) is 0 Å². The van der Waals surface area contributed by atoms with E-state index >= 15 is 0 Å². The molecule has 8 nitrogen and oxygen atoms in total. The second-order valence-electron chi connectivity index (χ2n) is 10.7. The summed E-state index contributed by atoms with van der Waals surface area (Å²) < 4.78 is 6.26. The van der Waals surface area contributed by atoms with Crippen LogP contribution >= 0.6 is 11.6 Å². The maximum absolute atomic E-state index is 13.4. The van der Waals surface area contributed by atoms with Crippen LogP contribution in [-0.2, 0) is 4.74 Å². The van der Waals surface area contributed by atoms with Crippen LogP contribution in [0.4, 0.5) is 9.59 Å². The summed E-state index contributed by atoms with van der Waals surface area (Å²) in [5.74, 6) is 0.638. The summed E-state index contributed by atoms with van der Waals surface area (Å²) in [5.41, 5.74) is 6.97. The normalized spacial score (nSPS) is 21.4. The van der Waals surface area contributed by atoms with Gasteiger partial charge in [0, 0.05) is 49.7 Å². The molecule has 2 unspecified atom stereocenters. The number of likely N-dealkylation sites (tertiary alicyclic amines) is 1. The van der Waals surface area contributed by atoms with Crippen LogP contribution in [0.25, 0.3) is 0 Å². The van der Waals surface area contributed by atoms with Gasteiger partial charge in [0.15, 0.2) is 0 Å². The highest BCUT2D eigenvalue weighted by atomic mass is 35.5. The van der Waals surface area contributed by atoms with Crippen molar-refractivity contribution in [2.45, 2.75) is 76.5 Å². The number of nitrogens with one attached hydrogen (secondary N) is 1. The maximum atomic E-state index is 13.4. The zero-order valence-corrected chi connectivity index (χ0v) is 22.5. The molecule has 4 atom stereocenters. The van der Waals surface area contributed by atoms with Gasteiger partial charge >= 0.3 is 12.1 Å². The molecule has 1 saturated heterocycles. The molecule has 0 aromatic heterocycles. The van der Waals surface area contributed by atoms with Gasteiger partial charge in [-0.05, 0) is 49.8 Å². The van der Waals surface area contributed by atoms with Crippen LogP contribution in [0.1, 0.15) is 70.0 Å². The summed E-state index contributed by atoms with van der Waals surface area (Å²) in [7, 11) is 1.56. The number of carbonyl (C=O) groups excluding carboxylic acids is 1. The van der Waals surface area contributed by atoms with E-state index in [0.717, 1.165) is 37.7 Å². The molecule has 1 aliphatic carbocycles. The van der Waals surface area contributed by atoms with Gasteiger partial charge in [0.1, 0.15) is 0 Å². The molecule has 202 valence electrons. The number of halogens is 1. The van der Waals surface area contributed by atoms with Crippen molar-refractivity contribution in [3.05, 3.63) is 34.9 Å². The predicted molar refractivity (Wildman–Crippen MR) is 142 cm³/mol. The van der Waals surface area contributed by atoms with E-state index in [1.165, 1.54) is 24.2 Å². The average Bonchev–Trinajstić information content (AvgIpc) is 2.84. The molecular weight excluding hydrogens is 480 g/mol. The fourth-order valence-electron chi connectivity index (χ4n) is 5.56. The van der Waals surface area contributed by atoms with E-state index in [1.807, 2.05) is 36.1 Å². The van der Waals surface area contributed by atoms with Crippen LogP contribution in [0, 0.1) is 11.8 Å². The van der Waals surface area contributed by atoms with E-state index in [0.29, 0.717) is 30.6 Å². The number of rotatable bonds is 10. The number of carboxylic acid groups (broad SMARTS) is 1. The molecule has 9 heteroatoms. The van der Waals surface area contributed by atoms with Gasteiger partial charge in [-0.25, -0.2) is 9.59 Å². The standard InChI is InChI=1S/C27H43ClN4O4/c1-19(29)18-36-25(21-10-6-12-23(28)15-21)22-11-7-13-32(16-22)26(33)30-24(17-31(2)27(34)35)14-20-8-4-3-5-9-20/h6,10,12,15,19-20,22,24-25H,3-5,7-9,11,13-14,16-18,29H2,1-2H3,(H,30,33)(H,34,35)/t19?,22-,24-,25?/m1/s1. The van der Waals surface area contributed by atoms with Crippen molar-refractivity contribution in [1.82, 2.24) is 15.1 Å². The molecule has 36 heavy (non-hydrogen) atoms. The van der Waals surface area contributed by atoms with E-state index in [1.54, 1.807) is 7.05 Å². The Balaban J connectivity index is 1.68. The molecular formula is C27H43ClN4O4. The molecule has 2 aliphatic rings. The van der Waals surface area contributed by atoms with Gasteiger partial charge in [-0.15, -0.1) is 0 Å². The summed E-state index contributed by atoms with van der Waals surface area (Å²) in [5, 5.41) is 13.2. The van der Waals surface area contributed by atoms with E-state index < -0.39 is 6.09 Å². The summed E-state index contributed by atoms with van der Waals surface area (Å²) in [6, 6.07) is 7.27. The lowest BCUT2D eigenvalue weighted by Crippen LogP contribution is -2.52. The van der Waals surface area contributed by atoms with Crippen molar-refractivity contribution >= 4 is 23.7 Å². The topological polar surface area (TPSA) is 108 Å². The van der Waals surface area contributed by atoms with Crippen molar-refractivity contribution in [3.63, 3.8) is 0 Å². The number of benzene rings is 1. The quantitative estimate of drug-likeness (QED) is 0.395. The minimum Gasteiger partial charge on any atom is -0.465 e. The molecule has 3 amide bonds. The number of ether oxygens (including phenoxy) is 1. The second-order valence-corrected chi connectivity index (χ2v) is 11.1. The monoisotopic (exact) mass is 522 g/mol. The molecule has 0 bridgehead atoms. The Hall–Kier alpha value is -2.03. The summed E-state index contributed by atoms with van der Waals surface area (Å²) in [4.78, 5) is 28.0. The molecule has 2 fully saturated rings. The molecule has 1 saturated carbocycles. The minimum absolute atomic E-state index is 0.0959. The summed E-state index contributed by atoms with van der Waals surface area (Å²) >= 11 is 6.27. The summed E-state index contributed by atoms with van der Waals surface area (Å²) in [6.07, 6.45) is 7.40. The summed E-state index contributed by atoms with van der Waals surface area (Å²) in [6.45, 7) is 3.86. The van der Waals surface area contributed by atoms with Crippen LogP contribution in [0.15, 0.2) is 24.3 Å². The number of nitrogens with two attached hydrogens (primary N) is 1. The van der Waals surface area contributed by atoms with Gasteiger partial charge in [0.05, 0.1) is 12.7 Å². The van der Waals surface area contributed by atoms with Gasteiger partial charge in [-0.3, -0.25) is 0 Å². The Morgan fingerprint density at radius 1 is 1.25 bits per heavy atom. The SMILES string of the molecule is CC(N)COC(c1cccc(Cl)c1)[C@@H]1CCCN(C(=O)N[C@H](CC2CCCCC2)CN(C)C(=O)O)C1. The molecule has 1 aromatic rings. The van der Waals surface area contributed by atoms with Crippen LogP contribution < -0.4 is 11.1 Å². The number of carbonyl (C=O) groups is 2. The van der Waals surface area contributed by atoms with E-state index in [4.69, 9.17) is 22.1 Å². The highest BCUT2D eigenvalue weighted by Gasteiger charge is 2.33. The minimum atomic E-state index is -0.980. The second kappa shape index (κ2) is 14.1. The number of hydrogen-bond donors (Lipinski definition) is 3. The van der Waals surface area contributed by atoms with Crippen LogP contribution in [0.2, 0.25) is 5.02 Å². The van der Waals surface area contributed by atoms with Crippen LogP contribution in [-0.4, -0.2) is 72.4 Å². The Morgan fingerprint density at radius 3 is 2.67 bits per heavy atom. The maximum Gasteiger partial charge on any atom is 0.407 e. The first kappa shape index (κ1) is 28.5. The Morgan fingerprint density at radius 2 is 2.00 bits per heavy atom. The molecule has 0 radical (unpaired) electrons. The van der Waals surface area contributed by atoms with E-state index in [9.17, 15) is 14.7 Å². The van der Waals surface area contributed by atoms with E-state index in [2.05, 4.69) is 5.32 Å². The lowest BCUT2D eigenvalue weighted by molar-refractivity contribution is -0.0145. The van der Waals surface area contributed by atoms with Gasteiger partial charge < -0.3 is 30.7 Å². The third-order valence-electron chi connectivity index (χ3n) is 7.38. The molecule has 3 rings (SSSR count). The zero-order valence-electron chi connectivity index (χ0n) is 21.7. The molecule has 1 aromatic carbocycles. The highest BCUT2D eigenvalue weighted by molar-refractivity contribution is 6.30. The third-order valence-corrected chi connectivity index (χ3v) is 7.62. The Labute approximate surface area is 220 Å². The largest absolute Gasteiger partial charge is 0.465 e. The number of likely N-dealkylation sites (N-methyl/N-ethyl adjacent to an activating group) is 1. The number of nitrogens with zero attached hydrogens (tertiary/aromatic N) is 2. The number of amides is 3. The van der Waals surface area contributed by atoms with Gasteiger partial charge in [-0.1, -0.05) is 55.8 Å². The van der Waals surface area contributed by atoms with Crippen LogP contribution in [0.5, 0.6) is 0 Å². The van der Waals surface area contributed by atoms with Crippen molar-refractivity contribution < 1.29 is 19.4 Å². The molecule has 1 heterocycles. The number of urea groups is 1. The lowest BCUT2D eigenvalue weighted by Gasteiger charge is -2.38. The van der Waals surface area contributed by atoms with E-state index in [-0.39, 0.29) is 36.7 Å². The third kappa shape index (κ3) is 8.82. The fourth-order valence-corrected chi connectivity index (χ4v) is 5.76. The average molecular weight is 523 g/mol. The van der Waals surface area contributed by atoms with Gasteiger partial charge in [0.2, 0.25) is 0 Å². The Kier molecular flexibility index (Phi) is 11.1. The molecule has 4 N–H and O–H groups in total. The van der Waals surface area contributed by atoms with Crippen molar-refractivity contribution in [3.8, 4) is 0 Å². The van der Waals surface area contributed by atoms with Crippen molar-refractivity contribution in [1.29, 1.82) is 0 Å². The number of piperidine rings is 1. The predicted octanol–water partition coefficient (Wildman–Crippen LogP) is 5.12. The highest BCUT2D eigenvalue weighted by Crippen LogP contribution is 2.34. The van der Waals surface area contributed by atoms with Gasteiger partial charge in [-0.2, -0.15) is 0 Å². The lowest BCUT2D eigenvalue weighted by atomic mass is 9.84. The first-order chi connectivity index (χ1) is 17.2. The van der Waals surface area contributed by atoms with Crippen molar-refractivity contribution in [2.24, 2.45) is 17.6 Å². The first-order valence-corrected chi connectivity index (χ1v) is 13.7. The van der Waals surface area contributed by atoms with Gasteiger partial charge in [0.25, 0.3) is 0 Å². The smallest absolute Gasteiger partial charge is 0.407 e. The molecule has 0 spiro atoms. The van der Waals surface area contributed by atoms with Crippen molar-refractivity contribution in [2.75, 3.05) is 33.3 Å². The zero-order chi connectivity index (χ0) is 26.1.